The van der Waals surface area contributed by atoms with Crippen molar-refractivity contribution >= 4 is 51.9 Å². The van der Waals surface area contributed by atoms with Crippen LogP contribution in [-0.2, 0) is 11.2 Å². The number of benzene rings is 2. The van der Waals surface area contributed by atoms with Crippen LogP contribution in [0.2, 0.25) is 10.0 Å². The molecule has 1 aliphatic rings. The summed E-state index contributed by atoms with van der Waals surface area (Å²) in [6, 6.07) is 13.1. The molecular formula is C29H30Cl2N6O3. The van der Waals surface area contributed by atoms with Crippen molar-refractivity contribution in [1.29, 1.82) is 0 Å². The number of ether oxygens (including phenoxy) is 1. The monoisotopic (exact) mass is 580 g/mol. The fraction of sp³-hybridized carbons (Fsp3) is 0.345. The molecule has 2 aromatic carbocycles. The molecule has 1 amide bonds. The highest BCUT2D eigenvalue weighted by molar-refractivity contribution is 6.42. The second-order valence-corrected chi connectivity index (χ2v) is 10.3. The Morgan fingerprint density at radius 1 is 0.950 bits per heavy atom. The van der Waals surface area contributed by atoms with Crippen LogP contribution in [0.5, 0.6) is 0 Å². The summed E-state index contributed by atoms with van der Waals surface area (Å²) in [7, 11) is 0. The van der Waals surface area contributed by atoms with Crippen molar-refractivity contribution in [2.45, 2.75) is 33.1 Å². The van der Waals surface area contributed by atoms with Gasteiger partial charge in [-0.05, 0) is 44.0 Å². The van der Waals surface area contributed by atoms with Gasteiger partial charge in [0.1, 0.15) is 0 Å². The Kier molecular flexibility index (Phi) is 8.52. The van der Waals surface area contributed by atoms with E-state index in [1.165, 1.54) is 0 Å². The first-order valence-corrected chi connectivity index (χ1v) is 14.2. The number of hydrogen-bond donors (Lipinski definition) is 0. The third-order valence-corrected chi connectivity index (χ3v) is 7.55. The lowest BCUT2D eigenvalue weighted by molar-refractivity contribution is 0.0520. The second kappa shape index (κ2) is 12.2. The van der Waals surface area contributed by atoms with Crippen molar-refractivity contribution < 1.29 is 14.3 Å². The lowest BCUT2D eigenvalue weighted by Crippen LogP contribution is -2.36. The highest BCUT2D eigenvalue weighted by atomic mass is 35.5. The first kappa shape index (κ1) is 27.9. The van der Waals surface area contributed by atoms with Crippen molar-refractivity contribution in [3.05, 3.63) is 75.7 Å². The fourth-order valence-corrected chi connectivity index (χ4v) is 5.24. The van der Waals surface area contributed by atoms with Gasteiger partial charge in [0, 0.05) is 26.2 Å². The number of rotatable bonds is 7. The molecule has 0 atom stereocenters. The molecule has 40 heavy (non-hydrogen) atoms. The van der Waals surface area contributed by atoms with Crippen LogP contribution in [-0.4, -0.2) is 69.3 Å². The zero-order chi connectivity index (χ0) is 28.2. The molecule has 0 N–H and O–H groups in total. The molecule has 2 aromatic heterocycles. The number of para-hydroxylation sites is 1. The average Bonchev–Trinajstić information content (AvgIpc) is 3.21. The molecule has 9 nitrogen and oxygen atoms in total. The summed E-state index contributed by atoms with van der Waals surface area (Å²) < 4.78 is 7.14. The van der Waals surface area contributed by atoms with E-state index in [0.717, 1.165) is 24.2 Å². The van der Waals surface area contributed by atoms with Crippen molar-refractivity contribution in [1.82, 2.24) is 24.6 Å². The van der Waals surface area contributed by atoms with Gasteiger partial charge in [0.25, 0.3) is 5.91 Å². The van der Waals surface area contributed by atoms with Gasteiger partial charge in [-0.3, -0.25) is 4.79 Å². The number of aromatic nitrogens is 4. The summed E-state index contributed by atoms with van der Waals surface area (Å²) in [5.74, 6) is -0.209. The maximum Gasteiger partial charge on any atom is 0.360 e. The molecule has 3 heterocycles. The molecule has 0 aliphatic carbocycles. The molecule has 0 saturated carbocycles. The number of nitrogens with zero attached hydrogens (tertiary/aromatic N) is 6. The van der Waals surface area contributed by atoms with Gasteiger partial charge in [0.2, 0.25) is 0 Å². The van der Waals surface area contributed by atoms with Crippen molar-refractivity contribution in [3.63, 3.8) is 0 Å². The molecular weight excluding hydrogens is 551 g/mol. The van der Waals surface area contributed by atoms with Crippen LogP contribution in [0.15, 0.2) is 48.7 Å². The third kappa shape index (κ3) is 5.62. The summed E-state index contributed by atoms with van der Waals surface area (Å²) in [5.41, 5.74) is 3.53. The normalized spacial score (nSPS) is 13.9. The van der Waals surface area contributed by atoms with Gasteiger partial charge in [-0.25, -0.2) is 19.4 Å². The summed E-state index contributed by atoms with van der Waals surface area (Å²) >= 11 is 12.4. The van der Waals surface area contributed by atoms with E-state index < -0.39 is 5.97 Å². The highest BCUT2D eigenvalue weighted by Crippen LogP contribution is 2.30. The standard InChI is InChI=1S/C29H30Cl2N6O3/c1-3-9-25-20(18-32-37(25)19-10-6-5-7-11-19)28(38)36-13-8-12-35(14-15-36)27-26(29(39)40-4-2)33-23-16-21(30)22(31)17-24(23)34-27/h5-7,10-11,16-18H,3-4,8-9,12-15H2,1-2H3. The fourth-order valence-electron chi connectivity index (χ4n) is 4.92. The molecule has 208 valence electrons. The first-order chi connectivity index (χ1) is 19.4. The average molecular weight is 582 g/mol. The van der Waals surface area contributed by atoms with Crippen LogP contribution in [0, 0.1) is 0 Å². The molecule has 0 bridgehead atoms. The second-order valence-electron chi connectivity index (χ2n) is 9.51. The lowest BCUT2D eigenvalue weighted by Gasteiger charge is -2.24. The topological polar surface area (TPSA) is 93.5 Å². The Morgan fingerprint density at radius 2 is 1.68 bits per heavy atom. The Bertz CT molecular complexity index is 1540. The number of carbonyl (C=O) groups is 2. The predicted octanol–water partition coefficient (Wildman–Crippen LogP) is 5.60. The Morgan fingerprint density at radius 3 is 2.38 bits per heavy atom. The molecule has 0 radical (unpaired) electrons. The van der Waals surface area contributed by atoms with E-state index in [9.17, 15) is 9.59 Å². The van der Waals surface area contributed by atoms with E-state index in [4.69, 9.17) is 32.9 Å². The number of fused-ring (bicyclic) bond motifs is 1. The maximum atomic E-state index is 13.8. The SMILES string of the molecule is CCCc1c(C(=O)N2CCCN(c3nc4cc(Cl)c(Cl)cc4nc3C(=O)OCC)CC2)cnn1-c1ccccc1. The van der Waals surface area contributed by atoms with Gasteiger partial charge in [0.05, 0.1) is 50.8 Å². The molecule has 1 aliphatic heterocycles. The number of hydrogen-bond acceptors (Lipinski definition) is 7. The van der Waals surface area contributed by atoms with Gasteiger partial charge < -0.3 is 14.5 Å². The molecule has 1 fully saturated rings. The minimum absolute atomic E-state index is 0.0517. The van der Waals surface area contributed by atoms with E-state index in [2.05, 4.69) is 17.0 Å². The largest absolute Gasteiger partial charge is 0.461 e. The van der Waals surface area contributed by atoms with E-state index in [0.29, 0.717) is 65.1 Å². The van der Waals surface area contributed by atoms with E-state index in [-0.39, 0.29) is 18.2 Å². The third-order valence-electron chi connectivity index (χ3n) is 6.83. The molecule has 5 rings (SSSR count). The molecule has 0 spiro atoms. The van der Waals surface area contributed by atoms with Crippen LogP contribution < -0.4 is 4.90 Å². The number of anilines is 1. The summed E-state index contributed by atoms with van der Waals surface area (Å²) in [6.45, 7) is 6.10. The Hall–Kier alpha value is -3.69. The van der Waals surface area contributed by atoms with E-state index in [1.54, 1.807) is 25.3 Å². The number of amides is 1. The van der Waals surface area contributed by atoms with Gasteiger partial charge in [-0.2, -0.15) is 5.10 Å². The first-order valence-electron chi connectivity index (χ1n) is 13.4. The number of esters is 1. The van der Waals surface area contributed by atoms with Crippen LogP contribution in [0.25, 0.3) is 16.7 Å². The Balaban J connectivity index is 1.42. The highest BCUT2D eigenvalue weighted by Gasteiger charge is 2.28. The minimum Gasteiger partial charge on any atom is -0.461 e. The molecule has 1 saturated heterocycles. The minimum atomic E-state index is -0.562. The quantitative estimate of drug-likeness (QED) is 0.262. The van der Waals surface area contributed by atoms with Crippen molar-refractivity contribution in [3.8, 4) is 5.69 Å². The lowest BCUT2D eigenvalue weighted by atomic mass is 10.1. The zero-order valence-corrected chi connectivity index (χ0v) is 24.0. The summed E-state index contributed by atoms with van der Waals surface area (Å²) in [5, 5.41) is 5.25. The van der Waals surface area contributed by atoms with E-state index in [1.807, 2.05) is 44.8 Å². The molecule has 4 aromatic rings. The number of halogens is 2. The van der Waals surface area contributed by atoms with Crippen LogP contribution in [0.4, 0.5) is 5.82 Å². The zero-order valence-electron chi connectivity index (χ0n) is 22.4. The van der Waals surface area contributed by atoms with Gasteiger partial charge in [-0.1, -0.05) is 54.7 Å². The maximum absolute atomic E-state index is 13.8. The van der Waals surface area contributed by atoms with Crippen LogP contribution in [0.1, 0.15) is 53.2 Å². The Labute approximate surface area is 242 Å². The van der Waals surface area contributed by atoms with Crippen LogP contribution in [0.3, 0.4) is 0 Å². The van der Waals surface area contributed by atoms with Crippen LogP contribution >= 0.6 is 23.2 Å². The van der Waals surface area contributed by atoms with Gasteiger partial charge >= 0.3 is 5.97 Å². The number of carbonyl (C=O) groups excluding carboxylic acids is 2. The molecule has 11 heteroatoms. The predicted molar refractivity (Wildman–Crippen MR) is 156 cm³/mol. The molecule has 0 unspecified atom stereocenters. The summed E-state index contributed by atoms with van der Waals surface area (Å²) in [6.07, 6.45) is 3.98. The summed E-state index contributed by atoms with van der Waals surface area (Å²) in [4.78, 5) is 39.8. The van der Waals surface area contributed by atoms with Crippen molar-refractivity contribution in [2.75, 3.05) is 37.7 Å². The van der Waals surface area contributed by atoms with E-state index >= 15 is 0 Å². The van der Waals surface area contributed by atoms with Crippen molar-refractivity contribution in [2.24, 2.45) is 0 Å². The smallest absolute Gasteiger partial charge is 0.360 e. The van der Waals surface area contributed by atoms with Gasteiger partial charge in [-0.15, -0.1) is 0 Å². The van der Waals surface area contributed by atoms with Gasteiger partial charge in [0.15, 0.2) is 11.5 Å².